The van der Waals surface area contributed by atoms with Gasteiger partial charge in [-0.15, -0.1) is 0 Å². The molecule has 0 bridgehead atoms. The summed E-state index contributed by atoms with van der Waals surface area (Å²) in [4.78, 5) is 12.2. The fourth-order valence-electron chi connectivity index (χ4n) is 3.74. The van der Waals surface area contributed by atoms with Gasteiger partial charge in [-0.25, -0.2) is 4.79 Å². The first-order valence-electron chi connectivity index (χ1n) is 10.6. The molecule has 0 fully saturated rings. The molecule has 166 valence electrons. The van der Waals surface area contributed by atoms with Crippen molar-refractivity contribution >= 4 is 12.0 Å². The van der Waals surface area contributed by atoms with Gasteiger partial charge in [-0.1, -0.05) is 50.1 Å². The van der Waals surface area contributed by atoms with Crippen LogP contribution < -0.4 is 4.74 Å². The van der Waals surface area contributed by atoms with Gasteiger partial charge in [0, 0.05) is 5.56 Å². The molecule has 0 saturated heterocycles. The van der Waals surface area contributed by atoms with E-state index in [-0.39, 0.29) is 12.4 Å². The molecular formula is C25H27F3O3. The number of hydrogen-bond donors (Lipinski definition) is 0. The zero-order valence-corrected chi connectivity index (χ0v) is 17.8. The molecule has 2 aromatic carbocycles. The van der Waals surface area contributed by atoms with Gasteiger partial charge in [0.25, 0.3) is 0 Å². The average Bonchev–Trinajstić information content (AvgIpc) is 2.73. The highest BCUT2D eigenvalue weighted by Gasteiger charge is 2.48. The molecular weight excluding hydrogens is 405 g/mol. The predicted molar refractivity (Wildman–Crippen MR) is 114 cm³/mol. The lowest BCUT2D eigenvalue weighted by atomic mass is 9.91. The molecule has 0 amide bonds. The fraction of sp³-hybridized carbons (Fsp3) is 0.400. The molecule has 0 N–H and O–H groups in total. The average molecular weight is 432 g/mol. The zero-order valence-electron chi connectivity index (χ0n) is 17.8. The molecule has 1 heterocycles. The van der Waals surface area contributed by atoms with E-state index in [4.69, 9.17) is 9.47 Å². The summed E-state index contributed by atoms with van der Waals surface area (Å²) in [5.74, 6) is -0.864. The third kappa shape index (κ3) is 5.69. The molecule has 0 aliphatic carbocycles. The smallest absolute Gasteiger partial charge is 0.430 e. The van der Waals surface area contributed by atoms with Crippen molar-refractivity contribution in [2.24, 2.45) is 0 Å². The Morgan fingerprint density at radius 1 is 1.06 bits per heavy atom. The molecule has 0 aromatic heterocycles. The minimum atomic E-state index is -4.73. The summed E-state index contributed by atoms with van der Waals surface area (Å²) in [6, 6.07) is 13.3. The van der Waals surface area contributed by atoms with Gasteiger partial charge in [-0.3, -0.25) is 0 Å². The van der Waals surface area contributed by atoms with E-state index in [1.165, 1.54) is 6.08 Å². The van der Waals surface area contributed by atoms with Crippen LogP contribution in [-0.4, -0.2) is 24.9 Å². The van der Waals surface area contributed by atoms with Crippen LogP contribution >= 0.6 is 0 Å². The van der Waals surface area contributed by atoms with Crippen LogP contribution in [0.15, 0.2) is 48.0 Å². The molecule has 6 heteroatoms. The highest BCUT2D eigenvalue weighted by molar-refractivity contribution is 5.96. The Balaban J connectivity index is 2.03. The number of fused-ring (bicyclic) bond motifs is 1. The minimum Gasteiger partial charge on any atom is -0.475 e. The first-order valence-corrected chi connectivity index (χ1v) is 10.6. The largest absolute Gasteiger partial charge is 0.475 e. The number of carbonyl (C=O) groups excluding carboxylic acids is 1. The molecule has 1 aliphatic heterocycles. The van der Waals surface area contributed by atoms with Crippen molar-refractivity contribution in [1.82, 2.24) is 0 Å². The molecule has 2 aromatic rings. The predicted octanol–water partition coefficient (Wildman–Crippen LogP) is 6.28. The van der Waals surface area contributed by atoms with Gasteiger partial charge in [0.2, 0.25) is 6.10 Å². The normalized spacial score (nSPS) is 15.6. The molecule has 0 saturated carbocycles. The Bertz CT molecular complexity index is 933. The number of benzene rings is 2. The standard InChI is InChI=1S/C25H27F3O3/c1-3-5-7-12-18-14-20-15-21(24(29)30-4-2)23(25(26,27)28)31-22(20)16-19(18)13-17-10-8-6-9-11-17/h6,8-11,14-16,23H,3-5,7,12-13H2,1-2H3. The Hall–Kier alpha value is -2.76. The summed E-state index contributed by atoms with van der Waals surface area (Å²) in [6.45, 7) is 3.67. The summed E-state index contributed by atoms with van der Waals surface area (Å²) in [6.07, 6.45) is -1.26. The second-order valence-electron chi connectivity index (χ2n) is 7.64. The second-order valence-corrected chi connectivity index (χ2v) is 7.64. The van der Waals surface area contributed by atoms with Gasteiger partial charge >= 0.3 is 12.1 Å². The third-order valence-corrected chi connectivity index (χ3v) is 5.27. The van der Waals surface area contributed by atoms with Crippen molar-refractivity contribution in [2.75, 3.05) is 6.61 Å². The number of unbranched alkanes of at least 4 members (excludes halogenated alkanes) is 2. The number of rotatable bonds is 8. The topological polar surface area (TPSA) is 35.5 Å². The lowest BCUT2D eigenvalue weighted by Gasteiger charge is -2.29. The minimum absolute atomic E-state index is 0.00805. The molecule has 0 radical (unpaired) electrons. The number of esters is 1. The molecule has 1 aliphatic rings. The Morgan fingerprint density at radius 3 is 2.45 bits per heavy atom. The van der Waals surface area contributed by atoms with E-state index in [1.54, 1.807) is 13.0 Å². The van der Waals surface area contributed by atoms with Gasteiger partial charge in [0.05, 0.1) is 12.2 Å². The van der Waals surface area contributed by atoms with Crippen molar-refractivity contribution in [3.63, 3.8) is 0 Å². The molecule has 31 heavy (non-hydrogen) atoms. The summed E-state index contributed by atoms with van der Waals surface area (Å²) >= 11 is 0. The summed E-state index contributed by atoms with van der Waals surface area (Å²) < 4.78 is 51.1. The summed E-state index contributed by atoms with van der Waals surface area (Å²) in [5.41, 5.74) is 3.04. The van der Waals surface area contributed by atoms with Crippen LogP contribution in [0.25, 0.3) is 6.08 Å². The first kappa shape index (κ1) is 22.9. The van der Waals surface area contributed by atoms with Crippen molar-refractivity contribution < 1.29 is 27.4 Å². The van der Waals surface area contributed by atoms with Crippen molar-refractivity contribution in [3.05, 3.63) is 70.3 Å². The molecule has 3 nitrogen and oxygen atoms in total. The van der Waals surface area contributed by atoms with Gasteiger partial charge in [0.15, 0.2) is 0 Å². The number of carbonyl (C=O) groups is 1. The van der Waals surface area contributed by atoms with Gasteiger partial charge in [-0.05, 0) is 61.1 Å². The molecule has 1 unspecified atom stereocenters. The van der Waals surface area contributed by atoms with Crippen LogP contribution in [0.2, 0.25) is 0 Å². The van der Waals surface area contributed by atoms with Crippen LogP contribution in [0.4, 0.5) is 13.2 Å². The third-order valence-electron chi connectivity index (χ3n) is 5.27. The van der Waals surface area contributed by atoms with Gasteiger partial charge in [0.1, 0.15) is 5.75 Å². The quantitative estimate of drug-likeness (QED) is 0.364. The highest BCUT2D eigenvalue weighted by atomic mass is 19.4. The Labute approximate surface area is 180 Å². The van der Waals surface area contributed by atoms with E-state index in [0.29, 0.717) is 12.0 Å². The van der Waals surface area contributed by atoms with Crippen molar-refractivity contribution in [1.29, 1.82) is 0 Å². The number of hydrogen-bond acceptors (Lipinski definition) is 3. The van der Waals surface area contributed by atoms with Crippen molar-refractivity contribution in [2.45, 2.75) is 58.2 Å². The van der Waals surface area contributed by atoms with Gasteiger partial charge in [-0.2, -0.15) is 13.2 Å². The molecule has 3 rings (SSSR count). The van der Waals surface area contributed by atoms with E-state index >= 15 is 0 Å². The van der Waals surface area contributed by atoms with E-state index in [0.717, 1.165) is 42.4 Å². The lowest BCUT2D eigenvalue weighted by Crippen LogP contribution is -2.40. The van der Waals surface area contributed by atoms with Crippen LogP contribution in [0.1, 0.15) is 55.4 Å². The second kappa shape index (κ2) is 10.0. The van der Waals surface area contributed by atoms with Crippen LogP contribution in [-0.2, 0) is 22.4 Å². The van der Waals surface area contributed by atoms with Crippen LogP contribution in [0.3, 0.4) is 0 Å². The Morgan fingerprint density at radius 2 is 1.81 bits per heavy atom. The molecule has 1 atom stereocenters. The highest BCUT2D eigenvalue weighted by Crippen LogP contribution is 2.39. The number of aryl methyl sites for hydroxylation is 1. The fourth-order valence-corrected chi connectivity index (χ4v) is 3.74. The van der Waals surface area contributed by atoms with Crippen LogP contribution in [0, 0.1) is 0 Å². The lowest BCUT2D eigenvalue weighted by molar-refractivity contribution is -0.187. The first-order chi connectivity index (χ1) is 14.8. The molecule has 0 spiro atoms. The number of alkyl halides is 3. The number of halogens is 3. The summed E-state index contributed by atoms with van der Waals surface area (Å²) in [5, 5.41) is 0. The Kier molecular flexibility index (Phi) is 7.42. The number of ether oxygens (including phenoxy) is 2. The SMILES string of the molecule is CCCCCc1cc2c(cc1Cc1ccccc1)OC(C(F)(F)F)C(C(=O)OCC)=C2. The maximum Gasteiger partial charge on any atom is 0.430 e. The maximum atomic E-state index is 13.6. The van der Waals surface area contributed by atoms with Crippen molar-refractivity contribution in [3.8, 4) is 5.75 Å². The maximum absolute atomic E-state index is 13.6. The monoisotopic (exact) mass is 432 g/mol. The summed E-state index contributed by atoms with van der Waals surface area (Å²) in [7, 11) is 0. The van der Waals surface area contributed by atoms with Crippen LogP contribution in [0.5, 0.6) is 5.75 Å². The van der Waals surface area contributed by atoms with E-state index in [1.807, 2.05) is 36.4 Å². The van der Waals surface area contributed by atoms with E-state index in [2.05, 4.69) is 6.92 Å². The van der Waals surface area contributed by atoms with Gasteiger partial charge < -0.3 is 9.47 Å². The van der Waals surface area contributed by atoms with E-state index < -0.39 is 23.8 Å². The zero-order chi connectivity index (χ0) is 22.4. The van der Waals surface area contributed by atoms with E-state index in [9.17, 15) is 18.0 Å².